The van der Waals surface area contributed by atoms with Crippen LogP contribution in [-0.4, -0.2) is 60.9 Å². The quantitative estimate of drug-likeness (QED) is 0.202. The van der Waals surface area contributed by atoms with E-state index in [4.69, 9.17) is 0 Å². The van der Waals surface area contributed by atoms with Gasteiger partial charge >= 0.3 is 0 Å². The van der Waals surface area contributed by atoms with Gasteiger partial charge in [0.25, 0.3) is 0 Å². The molecule has 4 heterocycles. The minimum absolute atomic E-state index is 0.0248. The molecule has 11 nitrogen and oxygen atoms in total. The molecule has 6 N–H and O–H groups in total. The fourth-order valence-electron chi connectivity index (χ4n) is 6.29. The number of amides is 4. The number of benzene rings is 2. The van der Waals surface area contributed by atoms with E-state index < -0.39 is 18.1 Å². The van der Waals surface area contributed by atoms with Crippen LogP contribution in [0.1, 0.15) is 42.7 Å². The van der Waals surface area contributed by atoms with Gasteiger partial charge in [-0.1, -0.05) is 56.7 Å². The van der Waals surface area contributed by atoms with Gasteiger partial charge in [-0.2, -0.15) is 5.53 Å². The number of fused-ring (bicyclic) bond motifs is 1. The van der Waals surface area contributed by atoms with Gasteiger partial charge in [0.15, 0.2) is 0 Å². The van der Waals surface area contributed by atoms with E-state index in [1.54, 1.807) is 16.2 Å². The SMILES string of the molecule is CC[C@H](C)[C@H](NC(=O)Cc1cc2ccccc2s1)C(=O)N[C@H]1CCc2cccc3c2N(C1=O)[C@H](C(=O)NCC1CNNN1)C3. The van der Waals surface area contributed by atoms with Crippen LogP contribution in [0.4, 0.5) is 5.69 Å². The molecule has 232 valence electrons. The van der Waals surface area contributed by atoms with Crippen LogP contribution in [0.25, 0.3) is 10.1 Å². The Bertz CT molecular complexity index is 1540. The van der Waals surface area contributed by atoms with Crippen molar-refractivity contribution in [2.75, 3.05) is 18.0 Å². The summed E-state index contributed by atoms with van der Waals surface area (Å²) < 4.78 is 1.11. The number of anilines is 1. The molecular weight excluding hydrogens is 578 g/mol. The summed E-state index contributed by atoms with van der Waals surface area (Å²) in [6.45, 7) is 4.95. The van der Waals surface area contributed by atoms with E-state index >= 15 is 0 Å². The second kappa shape index (κ2) is 13.0. The molecule has 0 saturated carbocycles. The monoisotopic (exact) mass is 617 g/mol. The fourth-order valence-corrected chi connectivity index (χ4v) is 7.35. The van der Waals surface area contributed by atoms with E-state index in [-0.39, 0.29) is 42.0 Å². The molecule has 2 aromatic carbocycles. The summed E-state index contributed by atoms with van der Waals surface area (Å²) in [6.07, 6.45) is 2.24. The molecule has 4 amide bonds. The molecule has 0 spiro atoms. The highest BCUT2D eigenvalue weighted by Crippen LogP contribution is 2.39. The molecule has 6 rings (SSSR count). The van der Waals surface area contributed by atoms with Crippen molar-refractivity contribution in [2.45, 2.75) is 70.1 Å². The number of hydrogen-bond acceptors (Lipinski definition) is 8. The van der Waals surface area contributed by atoms with Crippen molar-refractivity contribution >= 4 is 50.7 Å². The molecule has 1 saturated heterocycles. The minimum Gasteiger partial charge on any atom is -0.353 e. The van der Waals surface area contributed by atoms with E-state index in [1.807, 2.05) is 62.4 Å². The van der Waals surface area contributed by atoms with E-state index in [9.17, 15) is 19.2 Å². The molecule has 0 bridgehead atoms. The van der Waals surface area contributed by atoms with E-state index in [0.29, 0.717) is 38.8 Å². The molecular formula is C32H39N7O4S. The smallest absolute Gasteiger partial charge is 0.250 e. The summed E-state index contributed by atoms with van der Waals surface area (Å²) in [6, 6.07) is 13.6. The Morgan fingerprint density at radius 2 is 1.93 bits per heavy atom. The number of rotatable bonds is 10. The van der Waals surface area contributed by atoms with Crippen molar-refractivity contribution in [3.8, 4) is 0 Å². The summed E-state index contributed by atoms with van der Waals surface area (Å²) in [4.78, 5) is 56.9. The third-order valence-corrected chi connectivity index (χ3v) is 10.0. The lowest BCUT2D eigenvalue weighted by molar-refractivity contribution is -0.133. The molecule has 0 radical (unpaired) electrons. The van der Waals surface area contributed by atoms with Crippen molar-refractivity contribution in [1.29, 1.82) is 0 Å². The van der Waals surface area contributed by atoms with Crippen molar-refractivity contribution in [3.05, 3.63) is 64.5 Å². The van der Waals surface area contributed by atoms with Crippen LogP contribution in [0, 0.1) is 5.92 Å². The first-order chi connectivity index (χ1) is 21.3. The third kappa shape index (κ3) is 6.20. The average Bonchev–Trinajstić information content (AvgIpc) is 3.76. The Morgan fingerprint density at radius 1 is 1.11 bits per heavy atom. The highest BCUT2D eigenvalue weighted by Gasteiger charge is 2.44. The van der Waals surface area contributed by atoms with Crippen molar-refractivity contribution in [2.24, 2.45) is 5.92 Å². The van der Waals surface area contributed by atoms with Gasteiger partial charge < -0.3 is 16.0 Å². The van der Waals surface area contributed by atoms with E-state index in [2.05, 4.69) is 32.3 Å². The zero-order valence-electron chi connectivity index (χ0n) is 24.9. The molecule has 12 heteroatoms. The maximum absolute atomic E-state index is 14.1. The lowest BCUT2D eigenvalue weighted by atomic mass is 9.97. The van der Waals surface area contributed by atoms with Gasteiger partial charge in [0.1, 0.15) is 18.1 Å². The van der Waals surface area contributed by atoms with Gasteiger partial charge in [0.05, 0.1) is 18.2 Å². The molecule has 3 aromatic rings. The summed E-state index contributed by atoms with van der Waals surface area (Å²) in [5, 5.41) is 10.0. The number of nitrogens with one attached hydrogen (secondary N) is 6. The third-order valence-electron chi connectivity index (χ3n) is 8.89. The summed E-state index contributed by atoms with van der Waals surface area (Å²) >= 11 is 1.57. The first kappa shape index (κ1) is 30.2. The summed E-state index contributed by atoms with van der Waals surface area (Å²) in [7, 11) is 0. The molecule has 3 aliphatic heterocycles. The predicted octanol–water partition coefficient (Wildman–Crippen LogP) is 1.46. The largest absolute Gasteiger partial charge is 0.353 e. The Balaban J connectivity index is 1.16. The predicted molar refractivity (Wildman–Crippen MR) is 170 cm³/mol. The number of hydrogen-bond donors (Lipinski definition) is 6. The number of para-hydroxylation sites is 1. The number of nitrogens with zero attached hydrogens (tertiary/aromatic N) is 1. The zero-order chi connectivity index (χ0) is 30.8. The Morgan fingerprint density at radius 3 is 2.70 bits per heavy atom. The lowest BCUT2D eigenvalue weighted by Crippen LogP contribution is -2.58. The van der Waals surface area contributed by atoms with Crippen molar-refractivity contribution in [3.63, 3.8) is 0 Å². The number of hydrazine groups is 2. The first-order valence-electron chi connectivity index (χ1n) is 15.3. The highest BCUT2D eigenvalue weighted by atomic mass is 32.1. The van der Waals surface area contributed by atoms with Gasteiger partial charge in [-0.15, -0.1) is 11.3 Å². The second-order valence-corrected chi connectivity index (χ2v) is 13.1. The number of carbonyl (C=O) groups excluding carboxylic acids is 4. The van der Waals surface area contributed by atoms with Crippen LogP contribution < -0.4 is 37.2 Å². The number of aryl methyl sites for hydroxylation is 1. The standard InChI is InChI=1S/C32H39N7O4S/c1-3-18(2)28(36-27(40)15-23-13-20-7-4-5-10-26(20)44-23)31(42)35-24-12-11-19-8-6-9-21-14-25(39(29(19)21)32(24)43)30(41)33-16-22-17-34-38-37-22/h4-10,13,18,22,24-25,28,34,37-38H,3,11-12,14-17H2,1-2H3,(H,33,41)(H,35,42)(H,36,40)/t18-,22?,24-,25-,28-/m0/s1. The van der Waals surface area contributed by atoms with Crippen molar-refractivity contribution in [1.82, 2.24) is 32.3 Å². The zero-order valence-corrected chi connectivity index (χ0v) is 25.8. The minimum atomic E-state index is -0.827. The van der Waals surface area contributed by atoms with Crippen LogP contribution in [0.3, 0.4) is 0 Å². The maximum Gasteiger partial charge on any atom is 0.250 e. The fraction of sp³-hybridized carbons (Fsp3) is 0.438. The van der Waals surface area contributed by atoms with E-state index in [1.165, 1.54) is 0 Å². The van der Waals surface area contributed by atoms with Gasteiger partial charge in [0, 0.05) is 29.1 Å². The van der Waals surface area contributed by atoms with Crippen LogP contribution in [0.5, 0.6) is 0 Å². The van der Waals surface area contributed by atoms with Crippen LogP contribution in [-0.2, 0) is 38.4 Å². The number of thiophene rings is 1. The normalized spacial score (nSPS) is 22.3. The maximum atomic E-state index is 14.1. The van der Waals surface area contributed by atoms with Crippen molar-refractivity contribution < 1.29 is 19.2 Å². The summed E-state index contributed by atoms with van der Waals surface area (Å²) in [5.41, 5.74) is 11.6. The van der Waals surface area contributed by atoms with Gasteiger partial charge in [-0.3, -0.25) is 24.1 Å². The Hall–Kier alpha value is -3.84. The molecule has 0 aliphatic carbocycles. The first-order valence-corrected chi connectivity index (χ1v) is 16.2. The summed E-state index contributed by atoms with van der Waals surface area (Å²) in [5.74, 6) is -1.30. The van der Waals surface area contributed by atoms with Crippen LogP contribution in [0.15, 0.2) is 48.5 Å². The average molecular weight is 618 g/mol. The van der Waals surface area contributed by atoms with Gasteiger partial charge in [0.2, 0.25) is 23.6 Å². The lowest BCUT2D eigenvalue weighted by Gasteiger charge is -2.30. The molecule has 3 aliphatic rings. The van der Waals surface area contributed by atoms with Gasteiger partial charge in [-0.05, 0) is 47.4 Å². The van der Waals surface area contributed by atoms with Gasteiger partial charge in [-0.25, -0.2) is 10.9 Å². The second-order valence-electron chi connectivity index (χ2n) is 11.9. The van der Waals surface area contributed by atoms with Crippen LogP contribution in [0.2, 0.25) is 0 Å². The Labute approximate surface area is 260 Å². The molecule has 5 atom stereocenters. The molecule has 1 aromatic heterocycles. The molecule has 44 heavy (non-hydrogen) atoms. The molecule has 1 unspecified atom stereocenters. The Kier molecular flexibility index (Phi) is 8.94. The topological polar surface area (TPSA) is 144 Å². The highest BCUT2D eigenvalue weighted by molar-refractivity contribution is 7.19. The van der Waals surface area contributed by atoms with Crippen LogP contribution >= 0.6 is 11.3 Å². The number of carbonyl (C=O) groups is 4. The molecule has 1 fully saturated rings. The van der Waals surface area contributed by atoms with E-state index in [0.717, 1.165) is 31.8 Å².